The molecule has 3 heterocycles. The van der Waals surface area contributed by atoms with Crippen LogP contribution in [0.15, 0.2) is 53.0 Å². The molecule has 2 N–H and O–H groups in total. The molecule has 0 atom stereocenters. The summed E-state index contributed by atoms with van der Waals surface area (Å²) in [5.41, 5.74) is -0.0531. The molecule has 0 bridgehead atoms. The van der Waals surface area contributed by atoms with Gasteiger partial charge in [-0.15, -0.1) is 0 Å². The van der Waals surface area contributed by atoms with E-state index in [0.717, 1.165) is 17.3 Å². The summed E-state index contributed by atoms with van der Waals surface area (Å²) in [5, 5.41) is 13.1. The Kier molecular flexibility index (Phi) is 3.78. The Bertz CT molecular complexity index is 750. The quantitative estimate of drug-likeness (QED) is 0.902. The van der Waals surface area contributed by atoms with Crippen LogP contribution in [0.3, 0.4) is 0 Å². The van der Waals surface area contributed by atoms with Crippen molar-refractivity contribution in [3.63, 3.8) is 0 Å². The van der Waals surface area contributed by atoms with Crippen LogP contribution in [0.25, 0.3) is 11.5 Å². The van der Waals surface area contributed by atoms with Gasteiger partial charge in [0.2, 0.25) is 0 Å². The molecule has 1 aliphatic heterocycles. The van der Waals surface area contributed by atoms with Gasteiger partial charge in [-0.05, 0) is 18.2 Å². The third-order valence-electron chi connectivity index (χ3n) is 2.98. The standard InChI is InChI=1S/C14H11F3N4O2/c15-14(16,17)9-3-4-11(18-6-9)12-7-19-13(23-12)20-10-2-1-5-21(22)8-10/h1-4,6-8,22H,5H2,(H,19,20). The average molecular weight is 324 g/mol. The summed E-state index contributed by atoms with van der Waals surface area (Å²) in [5.74, 6) is 0.225. The molecule has 6 nitrogen and oxygen atoms in total. The number of pyridine rings is 1. The van der Waals surface area contributed by atoms with Gasteiger partial charge in [-0.3, -0.25) is 15.3 Å². The van der Waals surface area contributed by atoms with E-state index >= 15 is 0 Å². The predicted molar refractivity (Wildman–Crippen MR) is 74.1 cm³/mol. The van der Waals surface area contributed by atoms with Crippen molar-refractivity contribution in [3.05, 3.63) is 54.1 Å². The van der Waals surface area contributed by atoms with E-state index < -0.39 is 11.7 Å². The van der Waals surface area contributed by atoms with E-state index in [2.05, 4.69) is 15.3 Å². The van der Waals surface area contributed by atoms with Gasteiger partial charge < -0.3 is 9.73 Å². The Morgan fingerprint density at radius 3 is 2.70 bits per heavy atom. The first-order valence-corrected chi connectivity index (χ1v) is 6.52. The van der Waals surface area contributed by atoms with E-state index in [1.165, 1.54) is 18.5 Å². The molecule has 0 aromatic carbocycles. The normalized spacial score (nSPS) is 14.8. The Balaban J connectivity index is 1.75. The predicted octanol–water partition coefficient (Wildman–Crippen LogP) is 3.27. The monoisotopic (exact) mass is 324 g/mol. The smallest absolute Gasteiger partial charge is 0.417 e. The van der Waals surface area contributed by atoms with Crippen LogP contribution in [0.1, 0.15) is 5.56 Å². The summed E-state index contributed by atoms with van der Waals surface area (Å²) >= 11 is 0. The first kappa shape index (κ1) is 15.1. The second-order valence-corrected chi connectivity index (χ2v) is 4.69. The molecule has 9 heteroatoms. The van der Waals surface area contributed by atoms with E-state index in [9.17, 15) is 18.4 Å². The van der Waals surface area contributed by atoms with Crippen LogP contribution in [0.2, 0.25) is 0 Å². The van der Waals surface area contributed by atoms with Crippen molar-refractivity contribution < 1.29 is 22.8 Å². The molecule has 0 saturated heterocycles. The Morgan fingerprint density at radius 2 is 2.04 bits per heavy atom. The number of rotatable bonds is 3. The maximum atomic E-state index is 12.5. The van der Waals surface area contributed by atoms with Gasteiger partial charge in [0.1, 0.15) is 5.69 Å². The highest BCUT2D eigenvalue weighted by Gasteiger charge is 2.30. The molecule has 0 saturated carbocycles. The molecular weight excluding hydrogens is 313 g/mol. The maximum Gasteiger partial charge on any atom is 0.417 e. The van der Waals surface area contributed by atoms with Gasteiger partial charge in [0, 0.05) is 6.20 Å². The van der Waals surface area contributed by atoms with E-state index in [1.807, 2.05) is 0 Å². The summed E-state index contributed by atoms with van der Waals surface area (Å²) < 4.78 is 42.9. The number of hydroxylamine groups is 2. The third-order valence-corrected chi connectivity index (χ3v) is 2.98. The van der Waals surface area contributed by atoms with Crippen molar-refractivity contribution in [2.45, 2.75) is 6.18 Å². The SMILES string of the molecule is ON1C=C(Nc2ncc(-c3ccc(C(F)(F)F)cn3)o2)C=CC1. The first-order chi connectivity index (χ1) is 10.9. The zero-order valence-electron chi connectivity index (χ0n) is 11.6. The summed E-state index contributed by atoms with van der Waals surface area (Å²) in [6.07, 6.45) is 2.55. The molecule has 23 heavy (non-hydrogen) atoms. The fourth-order valence-electron chi connectivity index (χ4n) is 1.90. The third kappa shape index (κ3) is 3.51. The molecule has 3 rings (SSSR count). The molecular formula is C14H11F3N4O2. The van der Waals surface area contributed by atoms with Gasteiger partial charge in [-0.25, -0.2) is 4.98 Å². The number of halogens is 3. The van der Waals surface area contributed by atoms with E-state index in [-0.39, 0.29) is 17.5 Å². The van der Waals surface area contributed by atoms with E-state index in [4.69, 9.17) is 4.42 Å². The van der Waals surface area contributed by atoms with E-state index in [1.54, 1.807) is 12.2 Å². The minimum Gasteiger partial charge on any atom is -0.422 e. The highest BCUT2D eigenvalue weighted by atomic mass is 19.4. The Morgan fingerprint density at radius 1 is 1.22 bits per heavy atom. The maximum absolute atomic E-state index is 12.5. The molecule has 0 amide bonds. The second-order valence-electron chi connectivity index (χ2n) is 4.69. The van der Waals surface area contributed by atoms with Crippen LogP contribution in [0.5, 0.6) is 0 Å². The van der Waals surface area contributed by atoms with Crippen molar-refractivity contribution in [3.8, 4) is 11.5 Å². The average Bonchev–Trinajstić information content (AvgIpc) is 2.95. The number of hydrogen-bond acceptors (Lipinski definition) is 6. The van der Waals surface area contributed by atoms with E-state index in [0.29, 0.717) is 12.2 Å². The van der Waals surface area contributed by atoms with Crippen molar-refractivity contribution in [2.24, 2.45) is 0 Å². The topological polar surface area (TPSA) is 74.4 Å². The highest BCUT2D eigenvalue weighted by Crippen LogP contribution is 2.30. The second kappa shape index (κ2) is 5.76. The van der Waals surface area contributed by atoms with Gasteiger partial charge in [-0.2, -0.15) is 13.2 Å². The zero-order valence-corrected chi connectivity index (χ0v) is 11.6. The minimum atomic E-state index is -4.43. The van der Waals surface area contributed by atoms with Crippen LogP contribution in [-0.4, -0.2) is 26.8 Å². The van der Waals surface area contributed by atoms with Crippen LogP contribution < -0.4 is 5.32 Å². The number of nitrogens with one attached hydrogen (secondary N) is 1. The van der Waals surface area contributed by atoms with Crippen molar-refractivity contribution in [2.75, 3.05) is 11.9 Å². The molecule has 1 aliphatic rings. The van der Waals surface area contributed by atoms with Crippen LogP contribution >= 0.6 is 0 Å². The van der Waals surface area contributed by atoms with Gasteiger partial charge in [0.25, 0.3) is 6.01 Å². The van der Waals surface area contributed by atoms with Crippen LogP contribution in [0.4, 0.5) is 19.2 Å². The molecule has 2 aromatic heterocycles. The first-order valence-electron chi connectivity index (χ1n) is 6.52. The number of hydrogen-bond donors (Lipinski definition) is 2. The van der Waals surface area contributed by atoms with Crippen molar-refractivity contribution >= 4 is 6.01 Å². The Hall–Kier alpha value is -2.81. The number of oxazole rings is 1. The van der Waals surface area contributed by atoms with Gasteiger partial charge in [0.15, 0.2) is 5.76 Å². The lowest BCUT2D eigenvalue weighted by atomic mass is 10.2. The lowest BCUT2D eigenvalue weighted by Crippen LogP contribution is -2.17. The molecule has 0 spiro atoms. The number of allylic oxidation sites excluding steroid dienone is 1. The van der Waals surface area contributed by atoms with Gasteiger partial charge in [-0.1, -0.05) is 6.08 Å². The molecule has 2 aromatic rings. The fraction of sp³-hybridized carbons (Fsp3) is 0.143. The fourth-order valence-corrected chi connectivity index (χ4v) is 1.90. The summed E-state index contributed by atoms with van der Waals surface area (Å²) in [4.78, 5) is 7.70. The molecule has 0 fully saturated rings. The van der Waals surface area contributed by atoms with Crippen LogP contribution in [0, 0.1) is 0 Å². The largest absolute Gasteiger partial charge is 0.422 e. The number of aromatic nitrogens is 2. The highest BCUT2D eigenvalue weighted by molar-refractivity contribution is 5.53. The Labute approximate surface area is 128 Å². The minimum absolute atomic E-state index is 0.132. The van der Waals surface area contributed by atoms with Crippen LogP contribution in [-0.2, 0) is 6.18 Å². The van der Waals surface area contributed by atoms with Crippen molar-refractivity contribution in [1.29, 1.82) is 0 Å². The van der Waals surface area contributed by atoms with Gasteiger partial charge >= 0.3 is 6.18 Å². The molecule has 0 unspecified atom stereocenters. The lowest BCUT2D eigenvalue weighted by Gasteiger charge is -2.15. The molecule has 0 radical (unpaired) electrons. The summed E-state index contributed by atoms with van der Waals surface area (Å²) in [6.45, 7) is 0.373. The number of alkyl halides is 3. The lowest BCUT2D eigenvalue weighted by molar-refractivity contribution is -0.137. The summed E-state index contributed by atoms with van der Waals surface area (Å²) in [7, 11) is 0. The molecule has 120 valence electrons. The number of anilines is 1. The zero-order chi connectivity index (χ0) is 16.4. The number of nitrogens with zero attached hydrogens (tertiary/aromatic N) is 3. The van der Waals surface area contributed by atoms with Crippen molar-refractivity contribution in [1.82, 2.24) is 15.0 Å². The van der Waals surface area contributed by atoms with Gasteiger partial charge in [0.05, 0.1) is 30.2 Å². The molecule has 0 aliphatic carbocycles. The summed E-state index contributed by atoms with van der Waals surface area (Å²) in [6, 6.07) is 2.27.